The quantitative estimate of drug-likeness (QED) is 0.647. The molecule has 0 saturated carbocycles. The van der Waals surface area contributed by atoms with Crippen LogP contribution in [0.25, 0.3) is 0 Å². The molecule has 1 aromatic heterocycles. The Kier molecular flexibility index (Phi) is 1.63. The molecule has 0 saturated heterocycles. The summed E-state index contributed by atoms with van der Waals surface area (Å²) in [6, 6.07) is 0. The topological polar surface area (TPSA) is 30.2 Å². The van der Waals surface area contributed by atoms with Gasteiger partial charge in [-0.25, -0.2) is 9.66 Å². The van der Waals surface area contributed by atoms with Crippen molar-refractivity contribution in [1.82, 2.24) is 9.66 Å². The van der Waals surface area contributed by atoms with E-state index in [0.717, 1.165) is 9.53 Å². The molecule has 1 aliphatic rings. The van der Waals surface area contributed by atoms with E-state index in [1.54, 1.807) is 0 Å². The molecule has 0 bridgehead atoms. The van der Waals surface area contributed by atoms with Crippen LogP contribution in [0.15, 0.2) is 5.10 Å². The molecule has 0 N–H and O–H groups in total. The molecule has 0 radical (unpaired) electrons. The van der Waals surface area contributed by atoms with E-state index in [9.17, 15) is 0 Å². The molecule has 0 amide bonds. The Hall–Kier alpha value is -0.520. The second-order valence-corrected chi connectivity index (χ2v) is 4.67. The Labute approximate surface area is 74.9 Å². The summed E-state index contributed by atoms with van der Waals surface area (Å²) in [5.41, 5.74) is 2.27. The second kappa shape index (κ2) is 2.51. The van der Waals surface area contributed by atoms with Gasteiger partial charge in [-0.05, 0) is 38.6 Å². The van der Waals surface area contributed by atoms with Gasteiger partial charge in [-0.1, -0.05) is 0 Å². The van der Waals surface area contributed by atoms with Crippen LogP contribution >= 0.6 is 20.7 Å². The largest absolute Gasteiger partial charge is 0.227 e. The monoisotopic (exact) mass is 261 g/mol. The molecule has 11 heavy (non-hydrogen) atoms. The lowest BCUT2D eigenvalue weighted by atomic mass is 10.4. The summed E-state index contributed by atoms with van der Waals surface area (Å²) < 4.78 is 5.23. The standard InChI is InChI=1S/C7H8IN3/c1-5-6(2)11-7(10-5)8-3-4-9-11/h3-4H,1-2H3. The molecule has 0 spiro atoms. The number of halogens is 1. The highest BCUT2D eigenvalue weighted by atomic mass is 127. The first kappa shape index (κ1) is 7.15. The summed E-state index contributed by atoms with van der Waals surface area (Å²) in [7, 11) is 0. The van der Waals surface area contributed by atoms with E-state index in [1.807, 2.05) is 17.8 Å². The average molecular weight is 261 g/mol. The van der Waals surface area contributed by atoms with Gasteiger partial charge in [0.2, 0.25) is 0 Å². The first-order valence-corrected chi connectivity index (χ1v) is 5.67. The molecule has 0 unspecified atom stereocenters. The molecule has 2 heterocycles. The Morgan fingerprint density at radius 1 is 1.45 bits per heavy atom. The van der Waals surface area contributed by atoms with Crippen molar-refractivity contribution in [3.63, 3.8) is 0 Å². The van der Waals surface area contributed by atoms with Crippen LogP contribution in [0.5, 0.6) is 0 Å². The number of hydrogen-bond donors (Lipinski definition) is 0. The van der Waals surface area contributed by atoms with Crippen molar-refractivity contribution in [2.45, 2.75) is 13.8 Å². The maximum Gasteiger partial charge on any atom is 0.186 e. The van der Waals surface area contributed by atoms with Gasteiger partial charge in [0, 0.05) is 0 Å². The fourth-order valence-electron chi connectivity index (χ4n) is 0.940. The van der Waals surface area contributed by atoms with Crippen molar-refractivity contribution >= 4 is 31.0 Å². The zero-order valence-electron chi connectivity index (χ0n) is 6.37. The molecule has 2 rings (SSSR count). The fraction of sp³-hybridized carbons (Fsp3) is 0.286. The van der Waals surface area contributed by atoms with Crippen molar-refractivity contribution in [3.05, 3.63) is 15.2 Å². The van der Waals surface area contributed by atoms with E-state index >= 15 is 0 Å². The lowest BCUT2D eigenvalue weighted by molar-refractivity contribution is 0.816. The predicted molar refractivity (Wildman–Crippen MR) is 54.4 cm³/mol. The van der Waals surface area contributed by atoms with Crippen LogP contribution in [-0.4, -0.2) is 19.9 Å². The highest BCUT2D eigenvalue weighted by Gasteiger charge is 2.08. The minimum Gasteiger partial charge on any atom is -0.227 e. The van der Waals surface area contributed by atoms with Crippen LogP contribution in [-0.2, 0) is 0 Å². The maximum absolute atomic E-state index is 4.42. The van der Waals surface area contributed by atoms with E-state index in [2.05, 4.69) is 21.0 Å². The van der Waals surface area contributed by atoms with Gasteiger partial charge in [-0.2, -0.15) is 5.10 Å². The summed E-state index contributed by atoms with van der Waals surface area (Å²) in [6.07, 6.45) is 1.87. The molecular formula is C7H8IN3. The molecule has 0 aromatic carbocycles. The van der Waals surface area contributed by atoms with Crippen LogP contribution in [0.3, 0.4) is 0 Å². The number of nitrogens with zero attached hydrogens (tertiary/aromatic N) is 3. The van der Waals surface area contributed by atoms with Gasteiger partial charge in [-0.3, -0.25) is 0 Å². The van der Waals surface area contributed by atoms with E-state index in [0.29, 0.717) is 0 Å². The van der Waals surface area contributed by atoms with Gasteiger partial charge < -0.3 is 0 Å². The van der Waals surface area contributed by atoms with Gasteiger partial charge in [0.25, 0.3) is 0 Å². The van der Waals surface area contributed by atoms with Crippen LogP contribution < -0.4 is 0 Å². The predicted octanol–water partition coefficient (Wildman–Crippen LogP) is 1.29. The third-order valence-electron chi connectivity index (χ3n) is 1.68. The van der Waals surface area contributed by atoms with Crippen LogP contribution in [0.2, 0.25) is 0 Å². The molecular weight excluding hydrogens is 253 g/mol. The number of aromatic nitrogens is 2. The summed E-state index contributed by atoms with van der Waals surface area (Å²) in [6.45, 7) is 4.08. The first-order valence-electron chi connectivity index (χ1n) is 3.34. The average Bonchev–Trinajstić information content (AvgIpc) is 2.30. The molecule has 0 fully saturated rings. The third-order valence-corrected chi connectivity index (χ3v) is 3.61. The minimum atomic E-state index is -0.0234. The smallest absolute Gasteiger partial charge is 0.186 e. The van der Waals surface area contributed by atoms with E-state index in [-0.39, 0.29) is 20.7 Å². The Balaban J connectivity index is 2.71. The summed E-state index contributed by atoms with van der Waals surface area (Å²) in [5.74, 6) is 0. The number of rotatable bonds is 0. The van der Waals surface area contributed by atoms with Gasteiger partial charge in [0.05, 0.1) is 17.6 Å². The molecule has 58 valence electrons. The third kappa shape index (κ3) is 1.05. The van der Waals surface area contributed by atoms with Crippen molar-refractivity contribution in [2.24, 2.45) is 5.10 Å². The summed E-state index contributed by atoms with van der Waals surface area (Å²) in [5, 5.41) is 4.21. The number of imidazole rings is 1. The molecule has 0 aliphatic carbocycles. The Morgan fingerprint density at radius 2 is 2.27 bits per heavy atom. The lowest BCUT2D eigenvalue weighted by Gasteiger charge is -2.00. The Bertz CT molecular complexity index is 349. The number of fused-ring (bicyclic) bond motifs is 1. The normalized spacial score (nSPS) is 14.4. The molecule has 0 atom stereocenters. The van der Waals surface area contributed by atoms with Crippen molar-refractivity contribution < 1.29 is 0 Å². The van der Waals surface area contributed by atoms with Crippen molar-refractivity contribution in [1.29, 1.82) is 0 Å². The van der Waals surface area contributed by atoms with Gasteiger partial charge in [0.1, 0.15) is 0 Å². The first-order chi connectivity index (χ1) is 5.29. The van der Waals surface area contributed by atoms with Crippen LogP contribution in [0, 0.1) is 17.7 Å². The van der Waals surface area contributed by atoms with Crippen molar-refractivity contribution in [3.8, 4) is 0 Å². The van der Waals surface area contributed by atoms with Gasteiger partial charge in [0.15, 0.2) is 3.83 Å². The second-order valence-electron chi connectivity index (χ2n) is 2.36. The lowest BCUT2D eigenvalue weighted by Crippen LogP contribution is -1.99. The Morgan fingerprint density at radius 3 is 3.00 bits per heavy atom. The SMILES string of the molecule is Cc1nc2n(c1C)N=CC=I2. The molecule has 3 nitrogen and oxygen atoms in total. The van der Waals surface area contributed by atoms with Crippen LogP contribution in [0.4, 0.5) is 0 Å². The minimum absolute atomic E-state index is 0.0234. The summed E-state index contributed by atoms with van der Waals surface area (Å²) in [4.78, 5) is 4.42. The van der Waals surface area contributed by atoms with Crippen molar-refractivity contribution in [2.75, 3.05) is 0 Å². The van der Waals surface area contributed by atoms with Gasteiger partial charge >= 0.3 is 0 Å². The zero-order chi connectivity index (χ0) is 7.84. The maximum atomic E-state index is 4.42. The fourth-order valence-corrected chi connectivity index (χ4v) is 2.82. The van der Waals surface area contributed by atoms with Gasteiger partial charge in [-0.15, -0.1) is 0 Å². The highest BCUT2D eigenvalue weighted by molar-refractivity contribution is 14.2. The molecule has 1 aromatic rings. The van der Waals surface area contributed by atoms with E-state index < -0.39 is 0 Å². The number of hydrogen-bond acceptors (Lipinski definition) is 2. The zero-order valence-corrected chi connectivity index (χ0v) is 8.53. The summed E-state index contributed by atoms with van der Waals surface area (Å²) >= 11 is -0.0234. The highest BCUT2D eigenvalue weighted by Crippen LogP contribution is 2.16. The van der Waals surface area contributed by atoms with Crippen LogP contribution in [0.1, 0.15) is 11.4 Å². The molecule has 4 heteroatoms. The van der Waals surface area contributed by atoms with E-state index in [1.165, 1.54) is 5.69 Å². The molecule has 1 aliphatic heterocycles. The van der Waals surface area contributed by atoms with E-state index in [4.69, 9.17) is 0 Å². The number of aryl methyl sites for hydroxylation is 1.